The lowest BCUT2D eigenvalue weighted by Crippen LogP contribution is -2.34. The number of anilines is 1. The van der Waals surface area contributed by atoms with E-state index in [1.165, 1.54) is 11.8 Å². The molecule has 5 nitrogen and oxygen atoms in total. The molecule has 0 aliphatic rings. The summed E-state index contributed by atoms with van der Waals surface area (Å²) < 4.78 is 5.07. The van der Waals surface area contributed by atoms with Crippen LogP contribution in [0, 0.1) is 6.92 Å². The van der Waals surface area contributed by atoms with E-state index in [4.69, 9.17) is 10.5 Å². The molecule has 18 heavy (non-hydrogen) atoms. The molecule has 0 aliphatic carbocycles. The Morgan fingerprint density at radius 2 is 1.94 bits per heavy atom. The molecule has 1 amide bonds. The Kier molecular flexibility index (Phi) is 4.31. The van der Waals surface area contributed by atoms with Crippen molar-refractivity contribution in [3.05, 3.63) is 29.3 Å². The van der Waals surface area contributed by atoms with Crippen molar-refractivity contribution in [3.8, 4) is 0 Å². The highest BCUT2D eigenvalue weighted by Gasteiger charge is 2.20. The number of amides is 1. The average Bonchev–Trinajstić information content (AvgIpc) is 2.31. The third kappa shape index (κ3) is 3.23. The SMILES string of the molecule is Cc1ccc(C(=O)OC(C)C(=O)N(C)C)cc1N. The third-order valence-electron chi connectivity index (χ3n) is 2.59. The number of nitrogens with two attached hydrogens (primary N) is 1. The molecule has 1 unspecified atom stereocenters. The molecule has 0 bridgehead atoms. The second-order valence-electron chi connectivity index (χ2n) is 4.35. The zero-order valence-electron chi connectivity index (χ0n) is 11.1. The highest BCUT2D eigenvalue weighted by molar-refractivity contribution is 5.93. The van der Waals surface area contributed by atoms with Gasteiger partial charge in [-0.15, -0.1) is 0 Å². The first-order valence-corrected chi connectivity index (χ1v) is 5.61. The average molecular weight is 250 g/mol. The second-order valence-corrected chi connectivity index (χ2v) is 4.35. The van der Waals surface area contributed by atoms with Gasteiger partial charge < -0.3 is 15.4 Å². The minimum Gasteiger partial charge on any atom is -0.449 e. The number of esters is 1. The van der Waals surface area contributed by atoms with Crippen LogP contribution in [0.25, 0.3) is 0 Å². The van der Waals surface area contributed by atoms with E-state index in [2.05, 4.69) is 0 Å². The van der Waals surface area contributed by atoms with Crippen LogP contribution in [-0.2, 0) is 9.53 Å². The van der Waals surface area contributed by atoms with Gasteiger partial charge >= 0.3 is 5.97 Å². The summed E-state index contributed by atoms with van der Waals surface area (Å²) in [6, 6.07) is 4.91. The lowest BCUT2D eigenvalue weighted by Gasteiger charge is -2.17. The van der Waals surface area contributed by atoms with Crippen LogP contribution in [0.1, 0.15) is 22.8 Å². The normalized spacial score (nSPS) is 11.8. The van der Waals surface area contributed by atoms with Crippen LogP contribution in [0.3, 0.4) is 0 Å². The van der Waals surface area contributed by atoms with Crippen LogP contribution < -0.4 is 5.73 Å². The van der Waals surface area contributed by atoms with Crippen molar-refractivity contribution in [2.45, 2.75) is 20.0 Å². The molecule has 98 valence electrons. The van der Waals surface area contributed by atoms with Crippen molar-refractivity contribution in [3.63, 3.8) is 0 Å². The quantitative estimate of drug-likeness (QED) is 0.646. The fourth-order valence-corrected chi connectivity index (χ4v) is 1.41. The van der Waals surface area contributed by atoms with E-state index in [0.29, 0.717) is 11.3 Å². The van der Waals surface area contributed by atoms with Gasteiger partial charge in [-0.05, 0) is 31.5 Å². The smallest absolute Gasteiger partial charge is 0.338 e. The molecule has 1 aromatic carbocycles. The molecule has 1 rings (SSSR count). The van der Waals surface area contributed by atoms with E-state index in [1.54, 1.807) is 32.3 Å². The minimum absolute atomic E-state index is 0.261. The van der Waals surface area contributed by atoms with Crippen molar-refractivity contribution < 1.29 is 14.3 Å². The number of carbonyl (C=O) groups is 2. The summed E-state index contributed by atoms with van der Waals surface area (Å²) in [5.41, 5.74) is 7.47. The molecule has 2 N–H and O–H groups in total. The maximum atomic E-state index is 11.8. The topological polar surface area (TPSA) is 72.6 Å². The van der Waals surface area contributed by atoms with E-state index in [9.17, 15) is 9.59 Å². The molecule has 0 heterocycles. The van der Waals surface area contributed by atoms with Crippen LogP contribution in [-0.4, -0.2) is 37.0 Å². The molecule has 1 atom stereocenters. The number of likely N-dealkylation sites (N-methyl/N-ethyl adjacent to an activating group) is 1. The summed E-state index contributed by atoms with van der Waals surface area (Å²) in [7, 11) is 3.22. The Hall–Kier alpha value is -2.04. The van der Waals surface area contributed by atoms with E-state index in [0.717, 1.165) is 5.56 Å². The number of aryl methyl sites for hydroxylation is 1. The Bertz CT molecular complexity index is 469. The fourth-order valence-electron chi connectivity index (χ4n) is 1.41. The van der Waals surface area contributed by atoms with Gasteiger partial charge in [-0.2, -0.15) is 0 Å². The number of carbonyl (C=O) groups excluding carboxylic acids is 2. The molecule has 0 aliphatic heterocycles. The maximum absolute atomic E-state index is 11.8. The zero-order valence-corrected chi connectivity index (χ0v) is 11.1. The van der Waals surface area contributed by atoms with Crippen molar-refractivity contribution in [1.29, 1.82) is 0 Å². The van der Waals surface area contributed by atoms with Crippen LogP contribution in [0.15, 0.2) is 18.2 Å². The zero-order chi connectivity index (χ0) is 13.9. The van der Waals surface area contributed by atoms with Gasteiger partial charge in [0.15, 0.2) is 6.10 Å². The predicted molar refractivity (Wildman–Crippen MR) is 69.2 cm³/mol. The van der Waals surface area contributed by atoms with Gasteiger partial charge in [0.1, 0.15) is 0 Å². The molecule has 5 heteroatoms. The van der Waals surface area contributed by atoms with Gasteiger partial charge in [-0.3, -0.25) is 4.79 Å². The van der Waals surface area contributed by atoms with Crippen molar-refractivity contribution in [2.24, 2.45) is 0 Å². The number of rotatable bonds is 3. The molecular formula is C13H18N2O3. The summed E-state index contributed by atoms with van der Waals surface area (Å²) in [6.45, 7) is 3.39. The number of nitrogen functional groups attached to an aromatic ring is 1. The summed E-state index contributed by atoms with van der Waals surface area (Å²) >= 11 is 0. The molecule has 0 aromatic heterocycles. The van der Waals surface area contributed by atoms with Crippen molar-refractivity contribution in [2.75, 3.05) is 19.8 Å². The number of hydrogen-bond donors (Lipinski definition) is 1. The van der Waals surface area contributed by atoms with Crippen LogP contribution >= 0.6 is 0 Å². The van der Waals surface area contributed by atoms with Gasteiger partial charge in [0, 0.05) is 19.8 Å². The van der Waals surface area contributed by atoms with E-state index in [1.807, 2.05) is 6.92 Å². The lowest BCUT2D eigenvalue weighted by atomic mass is 10.1. The van der Waals surface area contributed by atoms with Crippen LogP contribution in [0.2, 0.25) is 0 Å². The molecule has 0 saturated carbocycles. The summed E-state index contributed by atoms with van der Waals surface area (Å²) in [4.78, 5) is 24.7. The number of nitrogens with zero attached hydrogens (tertiary/aromatic N) is 1. The molecule has 1 aromatic rings. The maximum Gasteiger partial charge on any atom is 0.338 e. The second kappa shape index (κ2) is 5.53. The first-order valence-electron chi connectivity index (χ1n) is 5.61. The van der Waals surface area contributed by atoms with Crippen LogP contribution in [0.5, 0.6) is 0 Å². The molecule has 0 radical (unpaired) electrons. The molecular weight excluding hydrogens is 232 g/mol. The van der Waals surface area contributed by atoms with Gasteiger partial charge in [-0.25, -0.2) is 4.79 Å². The number of benzene rings is 1. The summed E-state index contributed by atoms with van der Waals surface area (Å²) in [5.74, 6) is -0.812. The summed E-state index contributed by atoms with van der Waals surface area (Å²) in [5, 5.41) is 0. The van der Waals surface area contributed by atoms with E-state index >= 15 is 0 Å². The summed E-state index contributed by atoms with van der Waals surface area (Å²) in [6.07, 6.45) is -0.810. The van der Waals surface area contributed by atoms with E-state index < -0.39 is 12.1 Å². The molecule has 0 spiro atoms. The van der Waals surface area contributed by atoms with Crippen molar-refractivity contribution >= 4 is 17.6 Å². The van der Waals surface area contributed by atoms with Crippen molar-refractivity contribution in [1.82, 2.24) is 4.90 Å². The fraction of sp³-hybridized carbons (Fsp3) is 0.385. The highest BCUT2D eigenvalue weighted by Crippen LogP contribution is 2.14. The van der Waals surface area contributed by atoms with Gasteiger partial charge in [-0.1, -0.05) is 6.07 Å². The number of hydrogen-bond acceptors (Lipinski definition) is 4. The predicted octanol–water partition coefficient (Wildman–Crippen LogP) is 1.21. The van der Waals surface area contributed by atoms with Gasteiger partial charge in [0.25, 0.3) is 5.91 Å². The Morgan fingerprint density at radius 1 is 1.33 bits per heavy atom. The van der Waals surface area contributed by atoms with E-state index in [-0.39, 0.29) is 5.91 Å². The largest absolute Gasteiger partial charge is 0.449 e. The first kappa shape index (κ1) is 14.0. The standard InChI is InChI=1S/C13H18N2O3/c1-8-5-6-10(7-11(8)14)13(17)18-9(2)12(16)15(3)4/h5-7,9H,14H2,1-4H3. The lowest BCUT2D eigenvalue weighted by molar-refractivity contribution is -0.137. The highest BCUT2D eigenvalue weighted by atomic mass is 16.5. The Morgan fingerprint density at radius 3 is 2.44 bits per heavy atom. The first-order chi connectivity index (χ1) is 8.32. The van der Waals surface area contributed by atoms with Gasteiger partial charge in [0.2, 0.25) is 0 Å². The Labute approximate surface area is 107 Å². The minimum atomic E-state index is -0.810. The van der Waals surface area contributed by atoms with Crippen LogP contribution in [0.4, 0.5) is 5.69 Å². The Balaban J connectivity index is 2.76. The monoisotopic (exact) mass is 250 g/mol. The molecule has 0 saturated heterocycles. The van der Waals surface area contributed by atoms with Gasteiger partial charge in [0.05, 0.1) is 5.56 Å². The molecule has 0 fully saturated rings. The number of ether oxygens (including phenoxy) is 1. The third-order valence-corrected chi connectivity index (χ3v) is 2.59.